The zero-order valence-corrected chi connectivity index (χ0v) is 17.9. The third kappa shape index (κ3) is 5.20. The standard InChI is InChI=1S/C20H20BrN3O6/c1-3-28-17-7-12(6-14(21)19(17)27-2)9-23-24-18(25)10-22-20(26)13-4-5-15-16(8-13)30-11-29-15/h4-9H,3,10-11H2,1-2H3,(H,22,26)(H,24,25)/b23-9-. The molecule has 3 rings (SSSR count). The maximum absolute atomic E-state index is 12.2. The molecular formula is C20H20BrN3O6. The summed E-state index contributed by atoms with van der Waals surface area (Å²) in [6.45, 7) is 2.23. The summed E-state index contributed by atoms with van der Waals surface area (Å²) >= 11 is 3.41. The summed E-state index contributed by atoms with van der Waals surface area (Å²) < 4.78 is 22.0. The molecular weight excluding hydrogens is 458 g/mol. The van der Waals surface area contributed by atoms with Crippen LogP contribution in [0.3, 0.4) is 0 Å². The molecule has 0 saturated carbocycles. The van der Waals surface area contributed by atoms with E-state index < -0.39 is 11.8 Å². The molecule has 0 aliphatic carbocycles. The molecule has 0 unspecified atom stereocenters. The van der Waals surface area contributed by atoms with E-state index in [4.69, 9.17) is 18.9 Å². The van der Waals surface area contributed by atoms with Crippen molar-refractivity contribution in [1.82, 2.24) is 10.7 Å². The molecule has 0 aromatic heterocycles. The molecule has 0 atom stereocenters. The monoisotopic (exact) mass is 477 g/mol. The SMILES string of the molecule is CCOc1cc(/C=N\NC(=O)CNC(=O)c2ccc3c(c2)OCO3)cc(Br)c1OC. The van der Waals surface area contributed by atoms with Gasteiger partial charge in [0.2, 0.25) is 6.79 Å². The van der Waals surface area contributed by atoms with Crippen LogP contribution in [0, 0.1) is 0 Å². The van der Waals surface area contributed by atoms with Gasteiger partial charge in [-0.3, -0.25) is 9.59 Å². The number of nitrogens with one attached hydrogen (secondary N) is 2. The first-order valence-electron chi connectivity index (χ1n) is 9.02. The van der Waals surface area contributed by atoms with E-state index in [1.807, 2.05) is 6.92 Å². The van der Waals surface area contributed by atoms with E-state index in [9.17, 15) is 9.59 Å². The summed E-state index contributed by atoms with van der Waals surface area (Å²) in [6.07, 6.45) is 1.46. The number of carbonyl (C=O) groups is 2. The fourth-order valence-electron chi connectivity index (χ4n) is 2.64. The lowest BCUT2D eigenvalue weighted by Crippen LogP contribution is -2.34. The number of hydrogen-bond acceptors (Lipinski definition) is 7. The second kappa shape index (κ2) is 9.97. The third-order valence-electron chi connectivity index (χ3n) is 3.98. The first-order valence-corrected chi connectivity index (χ1v) is 9.81. The molecule has 2 amide bonds. The number of rotatable bonds is 8. The summed E-state index contributed by atoms with van der Waals surface area (Å²) in [5.74, 6) is 1.32. The van der Waals surface area contributed by atoms with E-state index in [2.05, 4.69) is 31.8 Å². The Bertz CT molecular complexity index is 979. The predicted octanol–water partition coefficient (Wildman–Crippen LogP) is 2.47. The Hall–Kier alpha value is -3.27. The van der Waals surface area contributed by atoms with Crippen molar-refractivity contribution in [3.63, 3.8) is 0 Å². The smallest absolute Gasteiger partial charge is 0.259 e. The highest BCUT2D eigenvalue weighted by atomic mass is 79.9. The molecule has 0 saturated heterocycles. The van der Waals surface area contributed by atoms with Gasteiger partial charge in [-0.15, -0.1) is 0 Å². The number of methoxy groups -OCH3 is 1. The minimum atomic E-state index is -0.474. The Labute approximate surface area is 181 Å². The van der Waals surface area contributed by atoms with Crippen molar-refractivity contribution in [3.05, 3.63) is 45.9 Å². The van der Waals surface area contributed by atoms with E-state index in [0.29, 0.717) is 45.2 Å². The number of hydrazone groups is 1. The minimum absolute atomic E-state index is 0.123. The van der Waals surface area contributed by atoms with Crippen LogP contribution >= 0.6 is 15.9 Å². The molecule has 0 radical (unpaired) electrons. The highest BCUT2D eigenvalue weighted by Gasteiger charge is 2.16. The van der Waals surface area contributed by atoms with Crippen molar-refractivity contribution < 1.29 is 28.5 Å². The zero-order valence-electron chi connectivity index (χ0n) is 16.4. The second-order valence-electron chi connectivity index (χ2n) is 6.01. The number of halogens is 1. The van der Waals surface area contributed by atoms with Gasteiger partial charge in [0.25, 0.3) is 11.8 Å². The molecule has 0 bridgehead atoms. The van der Waals surface area contributed by atoms with Crippen LogP contribution < -0.4 is 29.7 Å². The zero-order chi connectivity index (χ0) is 21.5. The molecule has 1 aliphatic rings. The van der Waals surface area contributed by atoms with Gasteiger partial charge in [-0.05, 0) is 58.7 Å². The van der Waals surface area contributed by atoms with Gasteiger partial charge in [-0.25, -0.2) is 5.43 Å². The Morgan fingerprint density at radius 1 is 1.23 bits per heavy atom. The van der Waals surface area contributed by atoms with Gasteiger partial charge >= 0.3 is 0 Å². The van der Waals surface area contributed by atoms with Gasteiger partial charge in [-0.1, -0.05) is 0 Å². The van der Waals surface area contributed by atoms with E-state index in [1.54, 1.807) is 37.4 Å². The topological polar surface area (TPSA) is 107 Å². The molecule has 1 heterocycles. The van der Waals surface area contributed by atoms with Gasteiger partial charge in [0.05, 0.1) is 30.9 Å². The largest absolute Gasteiger partial charge is 0.492 e. The summed E-state index contributed by atoms with van der Waals surface area (Å²) in [6, 6.07) is 8.31. The molecule has 0 fully saturated rings. The molecule has 2 aromatic carbocycles. The van der Waals surface area contributed by atoms with E-state index in [0.717, 1.165) is 0 Å². The molecule has 9 nitrogen and oxygen atoms in total. The maximum Gasteiger partial charge on any atom is 0.259 e. The van der Waals surface area contributed by atoms with Crippen LogP contribution in [-0.2, 0) is 4.79 Å². The van der Waals surface area contributed by atoms with Crippen LogP contribution in [0.1, 0.15) is 22.8 Å². The van der Waals surface area contributed by atoms with Crippen LogP contribution in [0.15, 0.2) is 39.9 Å². The average Bonchev–Trinajstić information content (AvgIpc) is 3.20. The van der Waals surface area contributed by atoms with E-state index >= 15 is 0 Å². The molecule has 0 spiro atoms. The van der Waals surface area contributed by atoms with Gasteiger partial charge in [-0.2, -0.15) is 5.10 Å². The maximum atomic E-state index is 12.2. The summed E-state index contributed by atoms with van der Waals surface area (Å²) in [4.78, 5) is 24.1. The summed E-state index contributed by atoms with van der Waals surface area (Å²) in [5, 5.41) is 6.43. The van der Waals surface area contributed by atoms with E-state index in [1.165, 1.54) is 6.21 Å². The number of hydrogen-bond donors (Lipinski definition) is 2. The van der Waals surface area contributed by atoms with Crippen LogP contribution in [0.25, 0.3) is 0 Å². The Morgan fingerprint density at radius 2 is 2.03 bits per heavy atom. The van der Waals surface area contributed by atoms with Crippen molar-refractivity contribution >= 4 is 34.0 Å². The summed E-state index contributed by atoms with van der Waals surface area (Å²) in [5.41, 5.74) is 3.42. The fraction of sp³-hybridized carbons (Fsp3) is 0.250. The first kappa shape index (κ1) is 21.4. The lowest BCUT2D eigenvalue weighted by atomic mass is 10.2. The quantitative estimate of drug-likeness (QED) is 0.446. The van der Waals surface area contributed by atoms with Crippen molar-refractivity contribution in [2.45, 2.75) is 6.92 Å². The minimum Gasteiger partial charge on any atom is -0.492 e. The Morgan fingerprint density at radius 3 is 2.80 bits per heavy atom. The molecule has 10 heteroatoms. The molecule has 30 heavy (non-hydrogen) atoms. The van der Waals surface area contributed by atoms with E-state index in [-0.39, 0.29) is 13.3 Å². The molecule has 2 N–H and O–H groups in total. The van der Waals surface area contributed by atoms with Crippen molar-refractivity contribution in [3.8, 4) is 23.0 Å². The number of fused-ring (bicyclic) bond motifs is 1. The van der Waals surface area contributed by atoms with Crippen LogP contribution in [0.4, 0.5) is 0 Å². The lowest BCUT2D eigenvalue weighted by molar-refractivity contribution is -0.120. The lowest BCUT2D eigenvalue weighted by Gasteiger charge is -2.11. The second-order valence-corrected chi connectivity index (χ2v) is 6.87. The Balaban J connectivity index is 1.53. The van der Waals surface area contributed by atoms with Gasteiger partial charge < -0.3 is 24.3 Å². The van der Waals surface area contributed by atoms with Crippen molar-refractivity contribution in [2.24, 2.45) is 5.10 Å². The number of ether oxygens (including phenoxy) is 4. The average molecular weight is 478 g/mol. The number of benzene rings is 2. The van der Waals surface area contributed by atoms with Crippen LogP contribution in [0.2, 0.25) is 0 Å². The molecule has 2 aromatic rings. The van der Waals surface area contributed by atoms with Crippen molar-refractivity contribution in [1.29, 1.82) is 0 Å². The predicted molar refractivity (Wildman–Crippen MR) is 112 cm³/mol. The van der Waals surface area contributed by atoms with Gasteiger partial charge in [0.1, 0.15) is 0 Å². The molecule has 1 aliphatic heterocycles. The van der Waals surface area contributed by atoms with Crippen LogP contribution in [-0.4, -0.2) is 45.1 Å². The number of amides is 2. The number of carbonyl (C=O) groups excluding carboxylic acids is 2. The highest BCUT2D eigenvalue weighted by molar-refractivity contribution is 9.10. The Kier molecular flexibility index (Phi) is 7.12. The van der Waals surface area contributed by atoms with Gasteiger partial charge in [0.15, 0.2) is 23.0 Å². The normalized spacial score (nSPS) is 12.0. The first-order chi connectivity index (χ1) is 14.5. The fourth-order valence-corrected chi connectivity index (χ4v) is 3.26. The number of nitrogens with zero attached hydrogens (tertiary/aromatic N) is 1. The molecule has 158 valence electrons. The van der Waals surface area contributed by atoms with Crippen molar-refractivity contribution in [2.75, 3.05) is 27.1 Å². The van der Waals surface area contributed by atoms with Gasteiger partial charge in [0, 0.05) is 5.56 Å². The highest BCUT2D eigenvalue weighted by Crippen LogP contribution is 2.36. The summed E-state index contributed by atoms with van der Waals surface area (Å²) in [7, 11) is 1.55. The third-order valence-corrected chi connectivity index (χ3v) is 4.57. The van der Waals surface area contributed by atoms with Crippen LogP contribution in [0.5, 0.6) is 23.0 Å².